The molecule has 0 radical (unpaired) electrons. The molecule has 1 aromatic heterocycles. The van der Waals surface area contributed by atoms with Crippen molar-refractivity contribution in [3.05, 3.63) is 92.3 Å². The van der Waals surface area contributed by atoms with Crippen LogP contribution in [-0.4, -0.2) is 52.3 Å². The number of rotatable bonds is 8. The summed E-state index contributed by atoms with van der Waals surface area (Å²) < 4.78 is 2.18. The molecule has 3 aromatic rings. The van der Waals surface area contributed by atoms with Crippen molar-refractivity contribution >= 4 is 5.91 Å². The molecule has 32 heavy (non-hydrogen) atoms. The number of benzene rings is 2. The summed E-state index contributed by atoms with van der Waals surface area (Å²) in [5, 5.41) is 6.87. The van der Waals surface area contributed by atoms with Gasteiger partial charge in [0.2, 0.25) is 5.69 Å². The Morgan fingerprint density at radius 1 is 1.03 bits per heavy atom. The van der Waals surface area contributed by atoms with E-state index in [2.05, 4.69) is 24.3 Å². The number of hydrogen-bond donors (Lipinski definition) is 1. The Labute approximate surface area is 187 Å². The van der Waals surface area contributed by atoms with Crippen LogP contribution in [0.3, 0.4) is 0 Å². The molecule has 168 valence electrons. The van der Waals surface area contributed by atoms with Gasteiger partial charge in [-0.3, -0.25) is 14.2 Å². The number of nitrogens with one attached hydrogen (secondary N) is 1. The van der Waals surface area contributed by atoms with Gasteiger partial charge in [-0.15, -0.1) is 0 Å². The molecular formula is C24H29N5O3. The summed E-state index contributed by atoms with van der Waals surface area (Å²) >= 11 is 0. The molecule has 3 rings (SSSR count). The van der Waals surface area contributed by atoms with Crippen LogP contribution >= 0.6 is 0 Å². The van der Waals surface area contributed by atoms with Crippen LogP contribution in [0.4, 0.5) is 0 Å². The topological polar surface area (TPSA) is 89.2 Å². The van der Waals surface area contributed by atoms with E-state index in [1.165, 1.54) is 0 Å². The zero-order valence-corrected chi connectivity index (χ0v) is 18.9. The van der Waals surface area contributed by atoms with Crippen molar-refractivity contribution in [2.24, 2.45) is 0 Å². The molecule has 1 N–H and O–H groups in total. The number of amides is 1. The van der Waals surface area contributed by atoms with Gasteiger partial charge in [0.25, 0.3) is 11.5 Å². The fraction of sp³-hybridized carbons (Fsp3) is 0.333. The van der Waals surface area contributed by atoms with Crippen LogP contribution < -0.4 is 16.6 Å². The summed E-state index contributed by atoms with van der Waals surface area (Å²) in [7, 11) is 3.77. The molecule has 0 aliphatic carbocycles. The maximum atomic E-state index is 13.2. The van der Waals surface area contributed by atoms with E-state index in [9.17, 15) is 14.4 Å². The van der Waals surface area contributed by atoms with E-state index >= 15 is 0 Å². The maximum absolute atomic E-state index is 13.2. The van der Waals surface area contributed by atoms with Crippen LogP contribution in [0.25, 0.3) is 5.69 Å². The largest absolute Gasteiger partial charge is 0.352 e. The maximum Gasteiger partial charge on any atom is 0.352 e. The smallest absolute Gasteiger partial charge is 0.349 e. The highest BCUT2D eigenvalue weighted by molar-refractivity contribution is 5.91. The Kier molecular flexibility index (Phi) is 7.37. The summed E-state index contributed by atoms with van der Waals surface area (Å²) in [6, 6.07) is 16.5. The molecule has 8 heteroatoms. The second-order valence-electron chi connectivity index (χ2n) is 8.23. The van der Waals surface area contributed by atoms with Gasteiger partial charge >= 0.3 is 5.69 Å². The molecule has 0 atom stereocenters. The summed E-state index contributed by atoms with van der Waals surface area (Å²) in [6.07, 6.45) is 0. The summed E-state index contributed by atoms with van der Waals surface area (Å²) in [5.41, 5.74) is 0.757. The Balaban J connectivity index is 2.09. The third-order valence-corrected chi connectivity index (χ3v) is 5.11. The Morgan fingerprint density at radius 2 is 1.69 bits per heavy atom. The summed E-state index contributed by atoms with van der Waals surface area (Å²) in [4.78, 5) is 41.0. The van der Waals surface area contributed by atoms with Gasteiger partial charge in [-0.1, -0.05) is 56.3 Å². The zero-order chi connectivity index (χ0) is 23.3. The zero-order valence-electron chi connectivity index (χ0n) is 18.9. The fourth-order valence-corrected chi connectivity index (χ4v) is 3.21. The number of carbonyl (C=O) groups excluding carboxylic acids is 1. The third kappa shape index (κ3) is 5.39. The summed E-state index contributed by atoms with van der Waals surface area (Å²) in [6.45, 7) is 5.17. The predicted octanol–water partition coefficient (Wildman–Crippen LogP) is 1.86. The highest BCUT2D eigenvalue weighted by Crippen LogP contribution is 2.15. The highest BCUT2D eigenvalue weighted by Gasteiger charge is 2.20. The van der Waals surface area contributed by atoms with Crippen molar-refractivity contribution in [2.45, 2.75) is 26.3 Å². The van der Waals surface area contributed by atoms with Gasteiger partial charge in [0, 0.05) is 13.1 Å². The number of hydrogen-bond acceptors (Lipinski definition) is 5. The average molecular weight is 436 g/mol. The molecular weight excluding hydrogens is 406 g/mol. The summed E-state index contributed by atoms with van der Waals surface area (Å²) in [5.74, 6) is -0.273. The minimum atomic E-state index is -0.712. The van der Waals surface area contributed by atoms with E-state index in [0.29, 0.717) is 24.7 Å². The molecule has 1 amide bonds. The molecule has 1 heterocycles. The number of aromatic nitrogens is 3. The molecule has 0 spiro atoms. The molecule has 0 fully saturated rings. The van der Waals surface area contributed by atoms with Gasteiger partial charge < -0.3 is 10.2 Å². The SMILES string of the molecule is CC(C)c1ccc(-n2nc(C(=O)NCCN(C)C)c(=O)n(Cc3ccccc3)c2=O)cc1. The minimum absolute atomic E-state index is 0.0447. The van der Waals surface area contributed by atoms with Gasteiger partial charge in [0.1, 0.15) is 0 Å². The lowest BCUT2D eigenvalue weighted by Gasteiger charge is -2.14. The minimum Gasteiger partial charge on any atom is -0.349 e. The second kappa shape index (κ2) is 10.2. The van der Waals surface area contributed by atoms with Gasteiger partial charge in [-0.05, 0) is 43.3 Å². The lowest BCUT2D eigenvalue weighted by atomic mass is 10.0. The fourth-order valence-electron chi connectivity index (χ4n) is 3.21. The van der Waals surface area contributed by atoms with E-state index in [1.807, 2.05) is 61.5 Å². The Morgan fingerprint density at radius 3 is 2.28 bits per heavy atom. The molecule has 0 aliphatic rings. The van der Waals surface area contributed by atoms with Gasteiger partial charge in [0.15, 0.2) is 0 Å². The van der Waals surface area contributed by atoms with Crippen LogP contribution in [-0.2, 0) is 6.54 Å². The van der Waals surface area contributed by atoms with Crippen molar-refractivity contribution < 1.29 is 4.79 Å². The molecule has 8 nitrogen and oxygen atoms in total. The van der Waals surface area contributed by atoms with E-state index < -0.39 is 17.2 Å². The lowest BCUT2D eigenvalue weighted by Crippen LogP contribution is -2.46. The van der Waals surface area contributed by atoms with E-state index in [0.717, 1.165) is 20.4 Å². The van der Waals surface area contributed by atoms with E-state index in [-0.39, 0.29) is 12.2 Å². The van der Waals surface area contributed by atoms with Crippen LogP contribution in [0.5, 0.6) is 0 Å². The monoisotopic (exact) mass is 435 g/mol. The van der Waals surface area contributed by atoms with Gasteiger partial charge in [0.05, 0.1) is 12.2 Å². The van der Waals surface area contributed by atoms with Crippen molar-refractivity contribution in [3.63, 3.8) is 0 Å². The van der Waals surface area contributed by atoms with Crippen LogP contribution in [0.2, 0.25) is 0 Å². The van der Waals surface area contributed by atoms with E-state index in [1.54, 1.807) is 12.1 Å². The number of nitrogens with zero attached hydrogens (tertiary/aromatic N) is 4. The average Bonchev–Trinajstić information content (AvgIpc) is 2.77. The first-order chi connectivity index (χ1) is 15.3. The van der Waals surface area contributed by atoms with Crippen LogP contribution in [0.1, 0.15) is 41.4 Å². The van der Waals surface area contributed by atoms with E-state index in [4.69, 9.17) is 0 Å². The molecule has 0 unspecified atom stereocenters. The standard InChI is InChI=1S/C24H29N5O3/c1-17(2)19-10-12-20(13-11-19)29-24(32)28(16-18-8-6-5-7-9-18)23(31)21(26-29)22(30)25-14-15-27(3)4/h5-13,17H,14-16H2,1-4H3,(H,25,30). The predicted molar refractivity (Wildman–Crippen MR) is 125 cm³/mol. The number of likely N-dealkylation sites (N-methyl/N-ethyl adjacent to an activating group) is 1. The van der Waals surface area contributed by atoms with Crippen molar-refractivity contribution in [1.82, 2.24) is 24.6 Å². The third-order valence-electron chi connectivity index (χ3n) is 5.11. The van der Waals surface area contributed by atoms with Crippen molar-refractivity contribution in [1.29, 1.82) is 0 Å². The Hall–Kier alpha value is -3.52. The van der Waals surface area contributed by atoms with Gasteiger partial charge in [-0.2, -0.15) is 9.78 Å². The molecule has 0 bridgehead atoms. The molecule has 0 aliphatic heterocycles. The first kappa shape index (κ1) is 23.1. The van der Waals surface area contributed by atoms with Crippen LogP contribution in [0, 0.1) is 0 Å². The molecule has 0 saturated heterocycles. The highest BCUT2D eigenvalue weighted by atomic mass is 16.2. The first-order valence-electron chi connectivity index (χ1n) is 10.6. The lowest BCUT2D eigenvalue weighted by molar-refractivity contribution is 0.0941. The van der Waals surface area contributed by atoms with Crippen molar-refractivity contribution in [3.8, 4) is 5.69 Å². The van der Waals surface area contributed by atoms with Crippen molar-refractivity contribution in [2.75, 3.05) is 27.2 Å². The number of carbonyl (C=O) groups is 1. The quantitative estimate of drug-likeness (QED) is 0.583. The molecule has 2 aromatic carbocycles. The van der Waals surface area contributed by atoms with Crippen LogP contribution in [0.15, 0.2) is 64.2 Å². The second-order valence-corrected chi connectivity index (χ2v) is 8.23. The Bertz CT molecular complexity index is 1180. The first-order valence-corrected chi connectivity index (χ1v) is 10.6. The van der Waals surface area contributed by atoms with Gasteiger partial charge in [-0.25, -0.2) is 4.79 Å². The normalized spacial score (nSPS) is 11.2. The molecule has 0 saturated carbocycles.